The molecule has 0 unspecified atom stereocenters. The number of nitrogens with one attached hydrogen (secondary N) is 6. The molecule has 24 rings (SSSR count). The van der Waals surface area contributed by atoms with Crippen LogP contribution in [0.1, 0.15) is 209 Å². The minimum atomic E-state index is -4.33. The highest BCUT2D eigenvalue weighted by Crippen LogP contribution is 2.44. The summed E-state index contributed by atoms with van der Waals surface area (Å²) in [4.78, 5) is 30.0. The van der Waals surface area contributed by atoms with Gasteiger partial charge in [-0.3, -0.25) is 26.4 Å². The van der Waals surface area contributed by atoms with Crippen molar-refractivity contribution in [3.63, 3.8) is 0 Å². The van der Waals surface area contributed by atoms with E-state index in [1.54, 1.807) is 36.5 Å². The van der Waals surface area contributed by atoms with Gasteiger partial charge in [-0.05, 0) is 241 Å². The molecule has 0 bridgehead atoms. The number of imidazole rings is 6. The van der Waals surface area contributed by atoms with Gasteiger partial charge in [0.2, 0.25) is 0 Å². The SMILES string of the molecule is Brc1ccc(-c2nc3ccccn3c2NC2CCCCC2)cc1.Brc1cccc(-c2nc3ccccn3c2NC2CCCCC2)c1.Cc1ccc(Cl)c(-c2nc3ccccn3c2NC2CCCCC2)c1F.Cc1ccsc1-c1nc2ccccn2c1NC1CCCCC1.FC(F)(F)c1ccc(-c2nc3ccccn3c2NC2CCCCC2)cc1.Fc1cc(-c2nc3ccccn3c2NC2CCCCC2)ccc1Cl. The van der Waals surface area contributed by atoms with Gasteiger partial charge >= 0.3 is 6.18 Å². The molecule has 6 aliphatic carbocycles. The van der Waals surface area contributed by atoms with Gasteiger partial charge in [-0.25, -0.2) is 38.7 Å². The first-order chi connectivity index (χ1) is 69.8. The molecule has 0 radical (unpaired) electrons. The van der Waals surface area contributed by atoms with Gasteiger partial charge in [0.05, 0.1) is 26.0 Å². The topological polar surface area (TPSA) is 176 Å². The van der Waals surface area contributed by atoms with Crippen molar-refractivity contribution in [2.45, 2.75) is 249 Å². The number of benzene rings is 5. The molecular weight excluding hydrogens is 1990 g/mol. The number of halogens is 9. The van der Waals surface area contributed by atoms with Crippen molar-refractivity contribution >= 4 is 135 Å². The highest BCUT2D eigenvalue weighted by atomic mass is 79.9. The third-order valence-corrected chi connectivity index (χ3v) is 31.0. The van der Waals surface area contributed by atoms with E-state index in [4.69, 9.17) is 43.1 Å². The van der Waals surface area contributed by atoms with Crippen molar-refractivity contribution in [3.8, 4) is 66.9 Å². The number of rotatable bonds is 18. The zero-order valence-electron chi connectivity index (χ0n) is 80.7. The summed E-state index contributed by atoms with van der Waals surface area (Å²) in [5.41, 5.74) is 15.9. The summed E-state index contributed by atoms with van der Waals surface area (Å²) in [7, 11) is 0. The van der Waals surface area contributed by atoms with Crippen molar-refractivity contribution in [3.05, 3.63) is 308 Å². The summed E-state index contributed by atoms with van der Waals surface area (Å²) < 4.78 is 82.0. The molecule has 0 amide bonds. The van der Waals surface area contributed by atoms with Crippen LogP contribution in [0.15, 0.2) is 270 Å². The Hall–Kier alpha value is -12.1. The van der Waals surface area contributed by atoms with Crippen molar-refractivity contribution in [2.24, 2.45) is 0 Å². The first-order valence-corrected chi connectivity index (χ1v) is 54.1. The number of anilines is 6. The van der Waals surface area contributed by atoms with Crippen LogP contribution in [0, 0.1) is 25.5 Å². The summed E-state index contributed by atoms with van der Waals surface area (Å²) in [6, 6.07) is 71.3. The van der Waals surface area contributed by atoms with Gasteiger partial charge in [-0.15, -0.1) is 11.3 Å². The fourth-order valence-electron chi connectivity index (χ4n) is 20.8. The van der Waals surface area contributed by atoms with E-state index in [2.05, 4.69) is 209 Å². The number of fused-ring (bicyclic) bond motifs is 6. The zero-order valence-corrected chi connectivity index (χ0v) is 86.2. The third kappa shape index (κ3) is 24.0. The second kappa shape index (κ2) is 46.8. The number of hydrogen-bond acceptors (Lipinski definition) is 13. The summed E-state index contributed by atoms with van der Waals surface area (Å²) in [6.45, 7) is 3.92. The molecule has 740 valence electrons. The molecule has 28 heteroatoms. The quantitative estimate of drug-likeness (QED) is 0.0449. The lowest BCUT2D eigenvalue weighted by molar-refractivity contribution is -0.137. The second-order valence-corrected chi connectivity index (χ2v) is 42.1. The third-order valence-electron chi connectivity index (χ3n) is 28.3. The smallest absolute Gasteiger partial charge is 0.367 e. The minimum Gasteiger partial charge on any atom is -0.367 e. The van der Waals surface area contributed by atoms with E-state index in [1.165, 1.54) is 183 Å². The van der Waals surface area contributed by atoms with E-state index in [9.17, 15) is 22.0 Å². The van der Waals surface area contributed by atoms with E-state index in [0.717, 1.165) is 168 Å². The van der Waals surface area contributed by atoms with Crippen LogP contribution in [-0.4, -0.2) is 92.6 Å². The number of nitrogens with zero attached hydrogens (tertiary/aromatic N) is 12. The number of aryl methyl sites for hydroxylation is 2. The molecule has 6 N–H and O–H groups in total. The van der Waals surface area contributed by atoms with Crippen LogP contribution in [0.5, 0.6) is 0 Å². The number of alkyl halides is 3. The monoisotopic (exact) mass is 2110 g/mol. The second-order valence-electron chi connectivity index (χ2n) is 38.5. The maximum Gasteiger partial charge on any atom is 0.416 e. The number of hydrogen-bond donors (Lipinski definition) is 6. The van der Waals surface area contributed by atoms with E-state index in [1.807, 2.05) is 111 Å². The Kier molecular flexibility index (Phi) is 32.6. The van der Waals surface area contributed by atoms with Crippen molar-refractivity contribution in [1.82, 2.24) is 56.3 Å². The average Bonchev–Trinajstić information content (AvgIpc) is 1.59. The maximum absolute atomic E-state index is 14.9. The lowest BCUT2D eigenvalue weighted by atomic mass is 9.95. The van der Waals surface area contributed by atoms with Gasteiger partial charge in [0.25, 0.3) is 0 Å². The first-order valence-electron chi connectivity index (χ1n) is 50.9. The van der Waals surface area contributed by atoms with E-state index in [0.29, 0.717) is 69.4 Å². The highest BCUT2D eigenvalue weighted by molar-refractivity contribution is 9.10. The summed E-state index contributed by atoms with van der Waals surface area (Å²) in [6.07, 6.45) is 45.4. The molecule has 18 nitrogen and oxygen atoms in total. The average molecular weight is 2110 g/mol. The fraction of sp³-hybridized carbons (Fsp3) is 0.339. The van der Waals surface area contributed by atoms with Crippen LogP contribution >= 0.6 is 66.4 Å². The van der Waals surface area contributed by atoms with Gasteiger partial charge < -0.3 is 31.9 Å². The maximum atomic E-state index is 14.9. The Balaban J connectivity index is 0.000000109. The highest BCUT2D eigenvalue weighted by Gasteiger charge is 2.33. The Morgan fingerprint density at radius 1 is 0.301 bits per heavy atom. The van der Waals surface area contributed by atoms with Crippen LogP contribution in [0.4, 0.5) is 56.9 Å². The molecule has 6 fully saturated rings. The normalized spacial score (nSPS) is 15.9. The van der Waals surface area contributed by atoms with Gasteiger partial charge in [0.15, 0.2) is 0 Å². The summed E-state index contributed by atoms with van der Waals surface area (Å²) in [5, 5.41) is 24.9. The Morgan fingerprint density at radius 2 is 0.601 bits per heavy atom. The van der Waals surface area contributed by atoms with Crippen molar-refractivity contribution < 1.29 is 22.0 Å². The van der Waals surface area contributed by atoms with Crippen molar-refractivity contribution in [1.29, 1.82) is 0 Å². The van der Waals surface area contributed by atoms with Crippen LogP contribution in [0.25, 0.3) is 101 Å². The molecule has 0 aliphatic heterocycles. The van der Waals surface area contributed by atoms with E-state index < -0.39 is 17.6 Å². The Bertz CT molecular complexity index is 7310. The lowest BCUT2D eigenvalue weighted by Crippen LogP contribution is -2.23. The molecule has 13 heterocycles. The first kappa shape index (κ1) is 99.7. The van der Waals surface area contributed by atoms with Gasteiger partial charge in [-0.1, -0.05) is 256 Å². The fourth-order valence-corrected chi connectivity index (χ4v) is 22.7. The zero-order chi connectivity index (χ0) is 98.3. The molecule has 143 heavy (non-hydrogen) atoms. The summed E-state index contributed by atoms with van der Waals surface area (Å²) in [5.74, 6) is 5.28. The minimum absolute atomic E-state index is 0.129. The largest absolute Gasteiger partial charge is 0.416 e. The van der Waals surface area contributed by atoms with E-state index >= 15 is 0 Å². The summed E-state index contributed by atoms with van der Waals surface area (Å²) >= 11 is 21.0. The van der Waals surface area contributed by atoms with E-state index in [-0.39, 0.29) is 10.8 Å². The molecule has 6 saturated carbocycles. The molecule has 6 aliphatic rings. The molecule has 5 aromatic carbocycles. The number of pyridine rings is 6. The molecular formula is C115H121Br2Cl2F5N18S. The standard InChI is InChI=1S/C20H21ClFN3.C20H20F3N3.2C19H20BrN3.C19H19ClFN3.C18H21N3S/c1-13-10-11-15(21)17(18(13)22)19-20(23-14-7-3-2-4-8-14)25-12-6-5-9-16(25)24-19;21-20(22,23)15-11-9-14(10-12-15)18-19(24-16-6-2-1-3-7-16)26-13-5-4-8-17(26)25-18;20-15-8-6-7-14(13-15)18-19(21-16-9-2-1-3-10-16)23-12-5-4-11-17(23)22-18;20-15-11-9-14(10-12-15)18-19(21-16-6-2-1-3-7-16)23-13-5-4-8-17(23)22-18;20-15-10-9-13(12-16(15)21)18-19(22-14-6-2-1-3-7-14)24-11-5-4-8-17(24)23-18;1-13-10-12-22-17(13)16-18(19-14-7-3-2-4-8-14)21-11-6-5-9-15(21)20-16/h5-6,9-12,14,23H,2-4,7-8H2,1H3;4-5,8-13,16,24H,1-3,6-7H2;4-8,11-13,16,21H,1-3,9-10H2;4-5,8-13,16,21H,1-3,6-7H2;4-5,8-12,14,22H,1-3,6-7H2;5-6,9-12,14,19H,2-4,7-8H2,1H3. The Morgan fingerprint density at radius 3 is 0.930 bits per heavy atom. The predicted molar refractivity (Wildman–Crippen MR) is 584 cm³/mol. The van der Waals surface area contributed by atoms with Crippen LogP contribution < -0.4 is 31.9 Å². The molecule has 0 spiro atoms. The Labute approximate surface area is 862 Å². The lowest BCUT2D eigenvalue weighted by Gasteiger charge is -2.24. The van der Waals surface area contributed by atoms with Crippen LogP contribution in [0.2, 0.25) is 10.0 Å². The number of thiophene rings is 1. The predicted octanol–water partition coefficient (Wildman–Crippen LogP) is 33.3. The molecule has 0 atom stereocenters. The van der Waals surface area contributed by atoms with Gasteiger partial charge in [0.1, 0.15) is 115 Å². The molecule has 18 aromatic rings. The van der Waals surface area contributed by atoms with Crippen LogP contribution in [-0.2, 0) is 6.18 Å². The van der Waals surface area contributed by atoms with Crippen LogP contribution in [0.3, 0.4) is 0 Å². The van der Waals surface area contributed by atoms with Crippen molar-refractivity contribution in [2.75, 3.05) is 31.9 Å². The molecule has 13 aromatic heterocycles. The molecule has 0 saturated heterocycles. The van der Waals surface area contributed by atoms with Gasteiger partial charge in [-0.2, -0.15) is 13.2 Å². The number of aromatic nitrogens is 12. The van der Waals surface area contributed by atoms with Gasteiger partial charge in [0, 0.05) is 105 Å².